The first-order valence-corrected chi connectivity index (χ1v) is 7.03. The van der Waals surface area contributed by atoms with Crippen molar-refractivity contribution in [3.05, 3.63) is 0 Å². The molecule has 5 nitrogen and oxygen atoms in total. The number of carboxylic acid groups (broad SMARTS) is 1. The Morgan fingerprint density at radius 3 is 2.65 bits per heavy atom. The predicted molar refractivity (Wildman–Crippen MR) is 65.5 cm³/mol. The first kappa shape index (κ1) is 12.7. The van der Waals surface area contributed by atoms with E-state index in [0.29, 0.717) is 18.1 Å². The summed E-state index contributed by atoms with van der Waals surface area (Å²) >= 11 is 1.58. The zero-order valence-electron chi connectivity index (χ0n) is 9.83. The lowest BCUT2D eigenvalue weighted by Crippen LogP contribution is -2.52. The Bertz CT molecular complexity index is 333. The van der Waals surface area contributed by atoms with Gasteiger partial charge in [-0.15, -0.1) is 11.8 Å². The Labute approximate surface area is 105 Å². The molecule has 17 heavy (non-hydrogen) atoms. The van der Waals surface area contributed by atoms with Crippen molar-refractivity contribution in [2.75, 3.05) is 5.75 Å². The molecule has 1 amide bonds. The zero-order chi connectivity index (χ0) is 12.6. The van der Waals surface area contributed by atoms with E-state index in [-0.39, 0.29) is 11.3 Å². The third-order valence-corrected chi connectivity index (χ3v) is 4.82. The summed E-state index contributed by atoms with van der Waals surface area (Å²) in [6, 6.07) is -1.27. The van der Waals surface area contributed by atoms with Crippen LogP contribution in [0.5, 0.6) is 0 Å². The van der Waals surface area contributed by atoms with Crippen LogP contribution in [0.3, 0.4) is 0 Å². The zero-order valence-corrected chi connectivity index (χ0v) is 10.7. The van der Waals surface area contributed by atoms with Gasteiger partial charge in [0.25, 0.3) is 0 Å². The number of thioether (sulfide) groups is 1. The van der Waals surface area contributed by atoms with Crippen LogP contribution in [0.25, 0.3) is 0 Å². The van der Waals surface area contributed by atoms with E-state index < -0.39 is 18.1 Å². The third kappa shape index (κ3) is 2.42. The summed E-state index contributed by atoms with van der Waals surface area (Å²) in [5.74, 6) is -0.171. The van der Waals surface area contributed by atoms with Crippen LogP contribution >= 0.6 is 11.8 Å². The molecule has 0 aromatic rings. The predicted octanol–water partition coefficient (Wildman–Crippen LogP) is 0.488. The van der Waals surface area contributed by atoms with Gasteiger partial charge in [-0.05, 0) is 25.2 Å². The van der Waals surface area contributed by atoms with Crippen molar-refractivity contribution >= 4 is 23.6 Å². The molecule has 0 radical (unpaired) electrons. The number of nitrogens with two attached hydrogens (primary N) is 1. The molecular formula is C11H18N2O3S. The minimum absolute atomic E-state index is 0.0289. The summed E-state index contributed by atoms with van der Waals surface area (Å²) in [7, 11) is 0. The Balaban J connectivity index is 2.16. The highest BCUT2D eigenvalue weighted by Gasteiger charge is 2.48. The van der Waals surface area contributed by atoms with E-state index in [1.807, 2.05) is 6.92 Å². The van der Waals surface area contributed by atoms with Gasteiger partial charge >= 0.3 is 5.97 Å². The summed E-state index contributed by atoms with van der Waals surface area (Å²) < 4.78 is 0. The SMILES string of the molecule is CC[C@@H](N)C(=O)N1C(C(=O)O)CSC1C1CC1. The quantitative estimate of drug-likeness (QED) is 0.766. The van der Waals surface area contributed by atoms with E-state index in [2.05, 4.69) is 0 Å². The second-order valence-electron chi connectivity index (χ2n) is 4.68. The third-order valence-electron chi connectivity index (χ3n) is 3.36. The molecule has 1 heterocycles. The average Bonchev–Trinajstić information content (AvgIpc) is 3.05. The van der Waals surface area contributed by atoms with Crippen LogP contribution in [0.2, 0.25) is 0 Å². The lowest BCUT2D eigenvalue weighted by Gasteiger charge is -2.29. The van der Waals surface area contributed by atoms with Gasteiger partial charge in [0, 0.05) is 5.75 Å². The van der Waals surface area contributed by atoms with Gasteiger partial charge in [0.1, 0.15) is 6.04 Å². The van der Waals surface area contributed by atoms with E-state index in [4.69, 9.17) is 10.8 Å². The highest BCUT2D eigenvalue weighted by molar-refractivity contribution is 8.00. The molecule has 1 aliphatic carbocycles. The molecule has 2 fully saturated rings. The molecule has 2 aliphatic rings. The second-order valence-corrected chi connectivity index (χ2v) is 5.83. The van der Waals surface area contributed by atoms with Crippen molar-refractivity contribution in [2.24, 2.45) is 11.7 Å². The van der Waals surface area contributed by atoms with Gasteiger partial charge in [-0.2, -0.15) is 0 Å². The van der Waals surface area contributed by atoms with Crippen molar-refractivity contribution < 1.29 is 14.7 Å². The van der Waals surface area contributed by atoms with Crippen LogP contribution in [-0.4, -0.2) is 45.1 Å². The topological polar surface area (TPSA) is 83.6 Å². The largest absolute Gasteiger partial charge is 0.480 e. The molecule has 6 heteroatoms. The lowest BCUT2D eigenvalue weighted by molar-refractivity contribution is -0.149. The van der Waals surface area contributed by atoms with Crippen molar-refractivity contribution in [1.29, 1.82) is 0 Å². The summed E-state index contributed by atoms with van der Waals surface area (Å²) in [5.41, 5.74) is 5.75. The lowest BCUT2D eigenvalue weighted by atomic mass is 10.1. The van der Waals surface area contributed by atoms with E-state index in [1.54, 1.807) is 11.8 Å². The monoisotopic (exact) mass is 258 g/mol. The van der Waals surface area contributed by atoms with Crippen molar-refractivity contribution in [3.8, 4) is 0 Å². The van der Waals surface area contributed by atoms with Crippen LogP contribution in [0, 0.1) is 5.92 Å². The smallest absolute Gasteiger partial charge is 0.327 e. The number of aliphatic carboxylic acids is 1. The maximum atomic E-state index is 12.2. The summed E-state index contributed by atoms with van der Waals surface area (Å²) in [6.45, 7) is 1.84. The molecule has 1 aliphatic heterocycles. The van der Waals surface area contributed by atoms with Gasteiger partial charge in [0.05, 0.1) is 11.4 Å². The van der Waals surface area contributed by atoms with Crippen molar-refractivity contribution in [1.82, 2.24) is 4.90 Å². The molecule has 0 aromatic heterocycles. The highest BCUT2D eigenvalue weighted by atomic mass is 32.2. The number of carbonyl (C=O) groups excluding carboxylic acids is 1. The van der Waals surface area contributed by atoms with Crippen LogP contribution in [-0.2, 0) is 9.59 Å². The normalized spacial score (nSPS) is 30.4. The summed E-state index contributed by atoms with van der Waals surface area (Å²) in [5, 5.41) is 9.19. The number of nitrogens with zero attached hydrogens (tertiary/aromatic N) is 1. The van der Waals surface area contributed by atoms with Gasteiger partial charge < -0.3 is 15.7 Å². The number of carbonyl (C=O) groups is 2. The average molecular weight is 258 g/mol. The van der Waals surface area contributed by atoms with Crippen molar-refractivity contribution in [2.45, 2.75) is 43.6 Å². The van der Waals surface area contributed by atoms with Crippen LogP contribution in [0.4, 0.5) is 0 Å². The van der Waals surface area contributed by atoms with E-state index in [0.717, 1.165) is 12.8 Å². The molecule has 96 valence electrons. The number of amides is 1. The molecule has 0 aromatic carbocycles. The van der Waals surface area contributed by atoms with Gasteiger partial charge in [0.2, 0.25) is 5.91 Å². The molecule has 3 N–H and O–H groups in total. The molecule has 3 atom stereocenters. The van der Waals surface area contributed by atoms with Crippen LogP contribution in [0.1, 0.15) is 26.2 Å². The summed E-state index contributed by atoms with van der Waals surface area (Å²) in [6.07, 6.45) is 2.73. The first-order valence-electron chi connectivity index (χ1n) is 5.98. The molecule has 0 bridgehead atoms. The fraction of sp³-hybridized carbons (Fsp3) is 0.818. The highest BCUT2D eigenvalue weighted by Crippen LogP contribution is 2.45. The minimum Gasteiger partial charge on any atom is -0.480 e. The Morgan fingerprint density at radius 1 is 1.53 bits per heavy atom. The van der Waals surface area contributed by atoms with E-state index in [9.17, 15) is 9.59 Å². The number of rotatable bonds is 4. The number of hydrogen-bond donors (Lipinski definition) is 2. The maximum absolute atomic E-state index is 12.2. The maximum Gasteiger partial charge on any atom is 0.327 e. The Morgan fingerprint density at radius 2 is 2.18 bits per heavy atom. The Hall–Kier alpha value is -0.750. The minimum atomic E-state index is -0.919. The van der Waals surface area contributed by atoms with E-state index >= 15 is 0 Å². The number of carboxylic acids is 1. The summed E-state index contributed by atoms with van der Waals surface area (Å²) in [4.78, 5) is 24.9. The van der Waals surface area contributed by atoms with Crippen molar-refractivity contribution in [3.63, 3.8) is 0 Å². The van der Waals surface area contributed by atoms with Gasteiger partial charge in [-0.1, -0.05) is 6.92 Å². The molecule has 2 unspecified atom stereocenters. The standard InChI is InChI=1S/C11H18N2O3S/c1-2-7(12)9(14)13-8(11(15)16)5-17-10(13)6-3-4-6/h6-8,10H,2-5,12H2,1H3,(H,15,16)/t7-,8?,10?/m1/s1. The molecule has 0 spiro atoms. The van der Waals surface area contributed by atoms with Crippen LogP contribution in [0.15, 0.2) is 0 Å². The molecule has 1 saturated heterocycles. The number of hydrogen-bond acceptors (Lipinski definition) is 4. The first-order chi connectivity index (χ1) is 8.06. The van der Waals surface area contributed by atoms with Gasteiger partial charge in [0.15, 0.2) is 0 Å². The van der Waals surface area contributed by atoms with E-state index in [1.165, 1.54) is 4.90 Å². The fourth-order valence-corrected chi connectivity index (χ4v) is 3.75. The fourth-order valence-electron chi connectivity index (χ4n) is 2.11. The molecular weight excluding hydrogens is 240 g/mol. The molecule has 2 rings (SSSR count). The van der Waals surface area contributed by atoms with Gasteiger partial charge in [-0.3, -0.25) is 4.79 Å². The second kappa shape index (κ2) is 4.86. The van der Waals surface area contributed by atoms with Gasteiger partial charge in [-0.25, -0.2) is 4.79 Å². The molecule has 1 saturated carbocycles. The van der Waals surface area contributed by atoms with Crippen LogP contribution < -0.4 is 5.73 Å². The Kier molecular flexibility index (Phi) is 3.63.